The zero-order valence-electron chi connectivity index (χ0n) is 15.2. The van der Waals surface area contributed by atoms with Crippen molar-refractivity contribution in [3.63, 3.8) is 0 Å². The van der Waals surface area contributed by atoms with Crippen molar-refractivity contribution < 1.29 is 14.3 Å². The first-order valence-electron chi connectivity index (χ1n) is 9.53. The Kier molecular flexibility index (Phi) is 3.46. The molecule has 0 saturated carbocycles. The highest BCUT2D eigenvalue weighted by Gasteiger charge is 2.51. The molecule has 0 bridgehead atoms. The maximum absolute atomic E-state index is 12.7. The van der Waals surface area contributed by atoms with E-state index in [-0.39, 0.29) is 11.4 Å². The van der Waals surface area contributed by atoms with E-state index in [0.29, 0.717) is 12.2 Å². The minimum absolute atomic E-state index is 0.122. The van der Waals surface area contributed by atoms with Gasteiger partial charge in [0.05, 0.1) is 35.6 Å². The summed E-state index contributed by atoms with van der Waals surface area (Å²) in [4.78, 5) is 19.9. The van der Waals surface area contributed by atoms with Crippen molar-refractivity contribution in [2.75, 3.05) is 36.6 Å². The summed E-state index contributed by atoms with van der Waals surface area (Å²) in [6.45, 7) is 3.32. The van der Waals surface area contributed by atoms with Gasteiger partial charge in [0, 0.05) is 24.2 Å². The quantitative estimate of drug-likeness (QED) is 0.738. The number of amides is 1. The summed E-state index contributed by atoms with van der Waals surface area (Å²) in [7, 11) is 0. The predicted octanol–water partition coefficient (Wildman–Crippen LogP) is 3.46. The first kappa shape index (κ1) is 16.3. The predicted molar refractivity (Wildman–Crippen MR) is 109 cm³/mol. The molecule has 3 aliphatic rings. The van der Waals surface area contributed by atoms with Gasteiger partial charge in [-0.15, -0.1) is 0 Å². The second-order valence-electron chi connectivity index (χ2n) is 7.67. The highest BCUT2D eigenvalue weighted by atomic mass is 32.1. The van der Waals surface area contributed by atoms with Crippen LogP contribution in [0.1, 0.15) is 22.3 Å². The molecule has 2 aromatic carbocycles. The second kappa shape index (κ2) is 5.93. The number of hydrogen-bond donors (Lipinski definition) is 1. The third-order valence-corrected chi connectivity index (χ3v) is 6.99. The molecular formula is C21H19N3O3S. The lowest BCUT2D eigenvalue weighted by Gasteiger charge is -2.57. The number of carbonyl (C=O) groups excluding carboxylic acids is 1. The Balaban J connectivity index is 1.24. The van der Waals surface area contributed by atoms with E-state index in [1.54, 1.807) is 11.3 Å². The van der Waals surface area contributed by atoms with Crippen molar-refractivity contribution >= 4 is 38.3 Å². The van der Waals surface area contributed by atoms with Gasteiger partial charge in [-0.1, -0.05) is 11.3 Å². The molecule has 28 heavy (non-hydrogen) atoms. The Hall–Kier alpha value is -2.64. The molecule has 4 heterocycles. The normalized spacial score (nSPS) is 19.1. The number of ether oxygens (including phenoxy) is 2. The van der Waals surface area contributed by atoms with Gasteiger partial charge < -0.3 is 19.7 Å². The third kappa shape index (κ3) is 2.43. The number of anilines is 2. The molecule has 2 fully saturated rings. The van der Waals surface area contributed by atoms with E-state index < -0.39 is 0 Å². The van der Waals surface area contributed by atoms with Crippen molar-refractivity contribution in [2.45, 2.75) is 18.4 Å². The van der Waals surface area contributed by atoms with Gasteiger partial charge in [0.25, 0.3) is 5.91 Å². The molecule has 3 aliphatic heterocycles. The molecule has 0 radical (unpaired) electrons. The van der Waals surface area contributed by atoms with Gasteiger partial charge in [-0.2, -0.15) is 0 Å². The van der Waals surface area contributed by atoms with Crippen molar-refractivity contribution in [3.05, 3.63) is 47.5 Å². The molecule has 3 aromatic rings. The Labute approximate surface area is 166 Å². The number of carbonyl (C=O) groups is 1. The number of hydrogen-bond acceptors (Lipinski definition) is 6. The standard InChI is InChI=1S/C21H19N3O3S/c25-19(22-15-2-3-17-13(9-15)5-8-27-17)14-1-4-18-16(10-14)23-20(28-18)24-7-6-21(24)11-26-12-21/h1-4,9-10H,5-8,11-12H2,(H,22,25). The van der Waals surface area contributed by atoms with Gasteiger partial charge in [-0.3, -0.25) is 4.79 Å². The summed E-state index contributed by atoms with van der Waals surface area (Å²) >= 11 is 1.68. The Morgan fingerprint density at radius 1 is 1.21 bits per heavy atom. The van der Waals surface area contributed by atoms with Crippen molar-refractivity contribution in [3.8, 4) is 5.75 Å². The zero-order chi connectivity index (χ0) is 18.7. The van der Waals surface area contributed by atoms with Gasteiger partial charge in [0.2, 0.25) is 0 Å². The van der Waals surface area contributed by atoms with E-state index in [1.165, 1.54) is 6.42 Å². The number of thiazole rings is 1. The molecular weight excluding hydrogens is 374 g/mol. The van der Waals surface area contributed by atoms with Crippen molar-refractivity contribution in [1.29, 1.82) is 0 Å². The number of fused-ring (bicyclic) bond motifs is 2. The molecule has 6 nitrogen and oxygen atoms in total. The van der Waals surface area contributed by atoms with Gasteiger partial charge in [-0.25, -0.2) is 4.98 Å². The smallest absolute Gasteiger partial charge is 0.255 e. The van der Waals surface area contributed by atoms with Crippen LogP contribution >= 0.6 is 11.3 Å². The van der Waals surface area contributed by atoms with E-state index in [1.807, 2.05) is 36.4 Å². The number of nitrogens with one attached hydrogen (secondary N) is 1. The fourth-order valence-electron chi connectivity index (χ4n) is 4.12. The second-order valence-corrected chi connectivity index (χ2v) is 8.68. The molecule has 1 spiro atoms. The first-order valence-corrected chi connectivity index (χ1v) is 10.3. The summed E-state index contributed by atoms with van der Waals surface area (Å²) in [5, 5.41) is 4.02. The lowest BCUT2D eigenvalue weighted by Crippen LogP contribution is -2.71. The van der Waals surface area contributed by atoms with Gasteiger partial charge in [-0.05, 0) is 48.4 Å². The zero-order valence-corrected chi connectivity index (χ0v) is 16.1. The van der Waals surface area contributed by atoms with Crippen LogP contribution in [-0.2, 0) is 11.2 Å². The molecule has 0 aliphatic carbocycles. The van der Waals surface area contributed by atoms with Crippen LogP contribution in [0.5, 0.6) is 5.75 Å². The lowest BCUT2D eigenvalue weighted by atomic mass is 9.83. The molecule has 1 N–H and O–H groups in total. The molecule has 0 atom stereocenters. The number of aromatic nitrogens is 1. The van der Waals surface area contributed by atoms with Crippen LogP contribution in [0.3, 0.4) is 0 Å². The number of nitrogens with zero attached hydrogens (tertiary/aromatic N) is 2. The van der Waals surface area contributed by atoms with Crippen LogP contribution in [0.2, 0.25) is 0 Å². The van der Waals surface area contributed by atoms with Crippen LogP contribution in [0.25, 0.3) is 10.2 Å². The molecule has 6 rings (SSSR count). The van der Waals surface area contributed by atoms with Crippen LogP contribution in [0.15, 0.2) is 36.4 Å². The van der Waals surface area contributed by atoms with E-state index in [4.69, 9.17) is 14.5 Å². The van der Waals surface area contributed by atoms with Crippen LogP contribution in [0.4, 0.5) is 10.8 Å². The molecule has 142 valence electrons. The van der Waals surface area contributed by atoms with Gasteiger partial charge in [0.1, 0.15) is 5.75 Å². The SMILES string of the molecule is O=C(Nc1ccc2c(c1)CCO2)c1ccc2sc(N3CCC34COC4)nc2c1. The molecule has 1 aromatic heterocycles. The molecule has 1 amide bonds. The molecule has 7 heteroatoms. The highest BCUT2D eigenvalue weighted by molar-refractivity contribution is 7.22. The molecule has 2 saturated heterocycles. The Bertz CT molecular complexity index is 1100. The van der Waals surface area contributed by atoms with E-state index in [2.05, 4.69) is 10.2 Å². The van der Waals surface area contributed by atoms with E-state index in [9.17, 15) is 4.79 Å². The summed E-state index contributed by atoms with van der Waals surface area (Å²) in [5.74, 6) is 0.790. The highest BCUT2D eigenvalue weighted by Crippen LogP contribution is 2.43. The van der Waals surface area contributed by atoms with Gasteiger partial charge in [0.15, 0.2) is 5.13 Å². The van der Waals surface area contributed by atoms with Crippen LogP contribution in [0, 0.1) is 0 Å². The van der Waals surface area contributed by atoms with Crippen molar-refractivity contribution in [2.24, 2.45) is 0 Å². The van der Waals surface area contributed by atoms with Crippen LogP contribution in [-0.4, -0.2) is 42.8 Å². The average Bonchev–Trinajstić information content (AvgIpc) is 3.24. The number of rotatable bonds is 3. The van der Waals surface area contributed by atoms with Gasteiger partial charge >= 0.3 is 0 Å². The molecule has 0 unspecified atom stereocenters. The topological polar surface area (TPSA) is 63.7 Å². The van der Waals surface area contributed by atoms with E-state index in [0.717, 1.165) is 58.5 Å². The average molecular weight is 393 g/mol. The third-order valence-electron chi connectivity index (χ3n) is 5.93. The summed E-state index contributed by atoms with van der Waals surface area (Å²) in [6, 6.07) is 11.5. The minimum atomic E-state index is -0.122. The van der Waals surface area contributed by atoms with E-state index >= 15 is 0 Å². The largest absolute Gasteiger partial charge is 0.493 e. The Morgan fingerprint density at radius 3 is 2.93 bits per heavy atom. The lowest BCUT2D eigenvalue weighted by molar-refractivity contribution is -0.0847. The van der Waals surface area contributed by atoms with Crippen molar-refractivity contribution in [1.82, 2.24) is 4.98 Å². The maximum Gasteiger partial charge on any atom is 0.255 e. The maximum atomic E-state index is 12.7. The fourth-order valence-corrected chi connectivity index (χ4v) is 5.20. The summed E-state index contributed by atoms with van der Waals surface area (Å²) in [5.41, 5.74) is 3.59. The van der Waals surface area contributed by atoms with Crippen LogP contribution < -0.4 is 15.0 Å². The summed E-state index contributed by atoms with van der Waals surface area (Å²) in [6.07, 6.45) is 2.05. The fraction of sp³-hybridized carbons (Fsp3) is 0.333. The Morgan fingerprint density at radius 2 is 2.14 bits per heavy atom. The minimum Gasteiger partial charge on any atom is -0.493 e. The number of benzene rings is 2. The first-order chi connectivity index (χ1) is 13.7. The summed E-state index contributed by atoms with van der Waals surface area (Å²) < 4.78 is 12.0. The monoisotopic (exact) mass is 393 g/mol.